The summed E-state index contributed by atoms with van der Waals surface area (Å²) in [7, 11) is 0. The van der Waals surface area contributed by atoms with Crippen LogP contribution in [0.15, 0.2) is 54.6 Å². The highest BCUT2D eigenvalue weighted by atomic mass is 16.5. The Bertz CT molecular complexity index is 939. The number of ether oxygens (including phenoxy) is 2. The van der Waals surface area contributed by atoms with E-state index >= 15 is 0 Å². The molecule has 6 heteroatoms. The maximum absolute atomic E-state index is 11.0. The maximum Gasteiger partial charge on any atom is 0.303 e. The number of aliphatic hydroxyl groups excluding tert-OH is 1. The fourth-order valence-corrected chi connectivity index (χ4v) is 5.26. The van der Waals surface area contributed by atoms with E-state index in [1.807, 2.05) is 18.2 Å². The smallest absolute Gasteiger partial charge is 0.303 e. The molecule has 0 amide bonds. The molecule has 2 fully saturated rings. The molecule has 1 aliphatic heterocycles. The summed E-state index contributed by atoms with van der Waals surface area (Å²) in [5, 5.41) is 22.2. The predicted molar refractivity (Wildman–Crippen MR) is 128 cm³/mol. The SMILES string of the molecule is O=C(O)CCC=CCCC1C(OCc2ccc3ccccc3c2)CC(O)C1N1CCOCC1. The molecule has 1 saturated heterocycles. The fourth-order valence-electron chi connectivity index (χ4n) is 5.26. The highest BCUT2D eigenvalue weighted by Gasteiger charge is 2.45. The van der Waals surface area contributed by atoms with Gasteiger partial charge in [0.2, 0.25) is 0 Å². The largest absolute Gasteiger partial charge is 0.481 e. The minimum Gasteiger partial charge on any atom is -0.481 e. The van der Waals surface area contributed by atoms with E-state index in [2.05, 4.69) is 41.3 Å². The zero-order valence-electron chi connectivity index (χ0n) is 19.1. The van der Waals surface area contributed by atoms with Gasteiger partial charge in [-0.25, -0.2) is 0 Å². The van der Waals surface area contributed by atoms with E-state index in [4.69, 9.17) is 14.6 Å². The standard InChI is InChI=1S/C27H35NO5/c29-24-18-25(33-19-20-11-12-21-7-5-6-8-22(21)17-20)23(9-3-1-2-4-10-26(30)31)27(24)28-13-15-32-16-14-28/h1-2,5-8,11-12,17,23-25,27,29H,3-4,9-10,13-16,18-19H2,(H,30,31). The summed E-state index contributed by atoms with van der Waals surface area (Å²) >= 11 is 0. The molecule has 2 aliphatic rings. The van der Waals surface area contributed by atoms with Crippen LogP contribution in [0.2, 0.25) is 0 Å². The topological polar surface area (TPSA) is 79.2 Å². The minimum absolute atomic E-state index is 0.00765. The van der Waals surface area contributed by atoms with E-state index < -0.39 is 12.1 Å². The minimum atomic E-state index is -0.770. The van der Waals surface area contributed by atoms with Crippen molar-refractivity contribution in [3.8, 4) is 0 Å². The number of fused-ring (bicyclic) bond motifs is 1. The summed E-state index contributed by atoms with van der Waals surface area (Å²) in [5.41, 5.74) is 1.14. The Morgan fingerprint density at radius 1 is 1.09 bits per heavy atom. The van der Waals surface area contributed by atoms with E-state index in [1.54, 1.807) is 0 Å². The van der Waals surface area contributed by atoms with Gasteiger partial charge < -0.3 is 19.7 Å². The first-order valence-electron chi connectivity index (χ1n) is 12.1. The number of morpholine rings is 1. The van der Waals surface area contributed by atoms with E-state index in [1.165, 1.54) is 10.8 Å². The lowest BCUT2D eigenvalue weighted by Gasteiger charge is -2.38. The van der Waals surface area contributed by atoms with E-state index in [0.717, 1.165) is 31.5 Å². The monoisotopic (exact) mass is 453 g/mol. The Morgan fingerprint density at radius 3 is 2.64 bits per heavy atom. The Labute approximate surface area is 195 Å². The molecule has 4 unspecified atom stereocenters. The lowest BCUT2D eigenvalue weighted by molar-refractivity contribution is -0.136. The second kappa shape index (κ2) is 11.7. The fraction of sp³-hybridized carbons (Fsp3) is 0.519. The van der Waals surface area contributed by atoms with Crippen molar-refractivity contribution in [3.05, 3.63) is 60.2 Å². The van der Waals surface area contributed by atoms with Crippen molar-refractivity contribution in [2.75, 3.05) is 26.3 Å². The van der Waals surface area contributed by atoms with Gasteiger partial charge in [0.05, 0.1) is 32.0 Å². The van der Waals surface area contributed by atoms with Gasteiger partial charge in [0.1, 0.15) is 0 Å². The van der Waals surface area contributed by atoms with Gasteiger partial charge in [-0.2, -0.15) is 0 Å². The first-order valence-corrected chi connectivity index (χ1v) is 12.1. The number of carboxylic acid groups (broad SMARTS) is 1. The van der Waals surface area contributed by atoms with Gasteiger partial charge in [0.25, 0.3) is 0 Å². The summed E-state index contributed by atoms with van der Waals surface area (Å²) in [6, 6.07) is 14.8. The third-order valence-electron chi connectivity index (χ3n) is 6.89. The molecular formula is C27H35NO5. The number of carboxylic acids is 1. The molecule has 0 bridgehead atoms. The van der Waals surface area contributed by atoms with Crippen molar-refractivity contribution in [2.45, 2.75) is 57.0 Å². The number of allylic oxidation sites excluding steroid dienone is 2. The van der Waals surface area contributed by atoms with E-state index in [0.29, 0.717) is 32.7 Å². The molecular weight excluding hydrogens is 418 g/mol. The average Bonchev–Trinajstić information content (AvgIpc) is 3.15. The molecule has 0 radical (unpaired) electrons. The number of aliphatic hydroxyl groups is 1. The number of aliphatic carboxylic acids is 1. The van der Waals surface area contributed by atoms with Crippen LogP contribution < -0.4 is 0 Å². The first-order chi connectivity index (χ1) is 16.1. The van der Waals surface area contributed by atoms with Crippen LogP contribution in [-0.2, 0) is 20.9 Å². The van der Waals surface area contributed by atoms with Crippen molar-refractivity contribution in [2.24, 2.45) is 5.92 Å². The van der Waals surface area contributed by atoms with Crippen molar-refractivity contribution in [3.63, 3.8) is 0 Å². The predicted octanol–water partition coefficient (Wildman–Crippen LogP) is 4.01. The van der Waals surface area contributed by atoms with Crippen LogP contribution in [-0.4, -0.2) is 65.6 Å². The molecule has 178 valence electrons. The number of nitrogens with zero attached hydrogens (tertiary/aromatic N) is 1. The van der Waals surface area contributed by atoms with Gasteiger partial charge in [-0.15, -0.1) is 0 Å². The molecule has 33 heavy (non-hydrogen) atoms. The highest BCUT2D eigenvalue weighted by Crippen LogP contribution is 2.37. The van der Waals surface area contributed by atoms with Crippen molar-refractivity contribution >= 4 is 16.7 Å². The molecule has 2 N–H and O–H groups in total. The van der Waals surface area contributed by atoms with Crippen LogP contribution in [0.5, 0.6) is 0 Å². The number of rotatable bonds is 10. The Balaban J connectivity index is 1.41. The summed E-state index contributed by atoms with van der Waals surface area (Å²) in [6.45, 7) is 3.61. The molecule has 1 saturated carbocycles. The summed E-state index contributed by atoms with van der Waals surface area (Å²) in [5.74, 6) is -0.546. The number of benzene rings is 2. The zero-order chi connectivity index (χ0) is 23.0. The number of carbonyl (C=O) groups is 1. The van der Waals surface area contributed by atoms with Crippen LogP contribution in [0.4, 0.5) is 0 Å². The lowest BCUT2D eigenvalue weighted by atomic mass is 9.93. The Morgan fingerprint density at radius 2 is 1.85 bits per heavy atom. The van der Waals surface area contributed by atoms with E-state index in [-0.39, 0.29) is 24.5 Å². The normalized spacial score (nSPS) is 26.3. The Kier molecular flexibility index (Phi) is 8.51. The van der Waals surface area contributed by atoms with Gasteiger partial charge in [0, 0.05) is 37.9 Å². The zero-order valence-corrected chi connectivity index (χ0v) is 19.1. The van der Waals surface area contributed by atoms with Gasteiger partial charge in [-0.05, 0) is 41.7 Å². The van der Waals surface area contributed by atoms with Crippen molar-refractivity contribution in [1.29, 1.82) is 0 Å². The molecule has 4 rings (SSSR count). The van der Waals surface area contributed by atoms with Crippen LogP contribution in [0.1, 0.15) is 37.7 Å². The average molecular weight is 454 g/mol. The number of hydrogen-bond donors (Lipinski definition) is 2. The lowest BCUT2D eigenvalue weighted by Crippen LogP contribution is -2.50. The molecule has 2 aromatic carbocycles. The highest BCUT2D eigenvalue weighted by molar-refractivity contribution is 5.82. The van der Waals surface area contributed by atoms with Gasteiger partial charge >= 0.3 is 5.97 Å². The van der Waals surface area contributed by atoms with Gasteiger partial charge in [-0.1, -0.05) is 48.6 Å². The third kappa shape index (κ3) is 6.42. The molecule has 2 aromatic rings. The van der Waals surface area contributed by atoms with Crippen LogP contribution in [0.3, 0.4) is 0 Å². The number of hydrogen-bond acceptors (Lipinski definition) is 5. The molecule has 1 aliphatic carbocycles. The maximum atomic E-state index is 11.0. The second-order valence-electron chi connectivity index (χ2n) is 9.12. The summed E-state index contributed by atoms with van der Waals surface area (Å²) in [6.07, 6.45) is 6.72. The molecule has 1 heterocycles. The summed E-state index contributed by atoms with van der Waals surface area (Å²) in [4.78, 5) is 13.1. The van der Waals surface area contributed by atoms with Crippen LogP contribution >= 0.6 is 0 Å². The second-order valence-corrected chi connectivity index (χ2v) is 9.12. The van der Waals surface area contributed by atoms with E-state index in [9.17, 15) is 9.90 Å². The quantitative estimate of drug-likeness (QED) is 0.529. The molecule has 0 spiro atoms. The molecule has 6 nitrogen and oxygen atoms in total. The Hall–Kier alpha value is -2.25. The summed E-state index contributed by atoms with van der Waals surface area (Å²) < 4.78 is 12.0. The van der Waals surface area contributed by atoms with Gasteiger partial charge in [-0.3, -0.25) is 9.69 Å². The van der Waals surface area contributed by atoms with Gasteiger partial charge in [0.15, 0.2) is 0 Å². The third-order valence-corrected chi connectivity index (χ3v) is 6.89. The van der Waals surface area contributed by atoms with Crippen molar-refractivity contribution < 1.29 is 24.5 Å². The van der Waals surface area contributed by atoms with Crippen LogP contribution in [0.25, 0.3) is 10.8 Å². The van der Waals surface area contributed by atoms with Crippen molar-refractivity contribution in [1.82, 2.24) is 4.90 Å². The molecule has 4 atom stereocenters. The first kappa shape index (κ1) is 23.9. The van der Waals surface area contributed by atoms with Crippen LogP contribution in [0, 0.1) is 5.92 Å². The molecule has 0 aromatic heterocycles.